The number of rotatable bonds is 4. The molecule has 2 N–H and O–H groups in total. The van der Waals surface area contributed by atoms with E-state index in [4.69, 9.17) is 23.2 Å². The lowest BCUT2D eigenvalue weighted by Gasteiger charge is -2.11. The summed E-state index contributed by atoms with van der Waals surface area (Å²) in [5.74, 6) is 1.21. The Bertz CT molecular complexity index is 573. The Labute approximate surface area is 130 Å². The molecule has 2 aromatic rings. The number of hydrogen-bond donors (Lipinski definition) is 2. The molecule has 0 bridgehead atoms. The quantitative estimate of drug-likeness (QED) is 0.821. The first kappa shape index (κ1) is 14.4. The number of nitrogens with zero attached hydrogens (tertiary/aromatic N) is 1. The van der Waals surface area contributed by atoms with Crippen LogP contribution in [0.25, 0.3) is 0 Å². The van der Waals surface area contributed by atoms with E-state index in [0.717, 1.165) is 10.0 Å². The maximum Gasteiger partial charge on any atom is 0.147 e. The van der Waals surface area contributed by atoms with Crippen molar-refractivity contribution in [1.29, 1.82) is 0 Å². The van der Waals surface area contributed by atoms with Gasteiger partial charge in [0.25, 0.3) is 0 Å². The lowest BCUT2D eigenvalue weighted by atomic mass is 10.2. The SMILES string of the molecule is CNc1nc(NCc2ccc(Br)cc2)c(Cl)cc1Cl. The van der Waals surface area contributed by atoms with E-state index in [-0.39, 0.29) is 0 Å². The maximum absolute atomic E-state index is 6.11. The van der Waals surface area contributed by atoms with Gasteiger partial charge in [-0.1, -0.05) is 51.3 Å². The minimum absolute atomic E-state index is 0.501. The molecular weight excluding hydrogens is 349 g/mol. The molecule has 1 heterocycles. The van der Waals surface area contributed by atoms with Gasteiger partial charge in [-0.25, -0.2) is 4.98 Å². The van der Waals surface area contributed by atoms with Crippen LogP contribution in [-0.4, -0.2) is 12.0 Å². The molecule has 3 nitrogen and oxygen atoms in total. The van der Waals surface area contributed by atoms with E-state index in [2.05, 4.69) is 31.5 Å². The highest BCUT2D eigenvalue weighted by Crippen LogP contribution is 2.29. The summed E-state index contributed by atoms with van der Waals surface area (Å²) >= 11 is 15.5. The number of pyridine rings is 1. The van der Waals surface area contributed by atoms with Gasteiger partial charge in [0.2, 0.25) is 0 Å². The number of hydrogen-bond acceptors (Lipinski definition) is 3. The molecule has 19 heavy (non-hydrogen) atoms. The summed E-state index contributed by atoms with van der Waals surface area (Å²) in [4.78, 5) is 4.33. The predicted octanol–water partition coefficient (Wildman–Crippen LogP) is 4.80. The molecule has 0 spiro atoms. The van der Waals surface area contributed by atoms with Crippen LogP contribution in [0, 0.1) is 0 Å². The first-order valence-corrected chi connectivity index (χ1v) is 7.17. The van der Waals surface area contributed by atoms with Gasteiger partial charge in [-0.3, -0.25) is 0 Å². The summed E-state index contributed by atoms with van der Waals surface area (Å²) in [6.07, 6.45) is 0. The lowest BCUT2D eigenvalue weighted by molar-refractivity contribution is 1.11. The van der Waals surface area contributed by atoms with E-state index in [1.165, 1.54) is 0 Å². The van der Waals surface area contributed by atoms with E-state index in [1.54, 1.807) is 13.1 Å². The molecule has 0 amide bonds. The summed E-state index contributed by atoms with van der Waals surface area (Å²) in [7, 11) is 1.76. The van der Waals surface area contributed by atoms with Crippen LogP contribution in [-0.2, 0) is 6.54 Å². The topological polar surface area (TPSA) is 37.0 Å². The third kappa shape index (κ3) is 3.75. The van der Waals surface area contributed by atoms with Crippen molar-refractivity contribution in [2.45, 2.75) is 6.54 Å². The lowest BCUT2D eigenvalue weighted by Crippen LogP contribution is -2.04. The highest BCUT2D eigenvalue weighted by molar-refractivity contribution is 9.10. The van der Waals surface area contributed by atoms with Crippen LogP contribution in [0.1, 0.15) is 5.56 Å². The van der Waals surface area contributed by atoms with Crippen LogP contribution in [0.5, 0.6) is 0 Å². The molecule has 0 saturated carbocycles. The van der Waals surface area contributed by atoms with Crippen LogP contribution >= 0.6 is 39.1 Å². The van der Waals surface area contributed by atoms with Gasteiger partial charge in [0, 0.05) is 18.1 Å². The fourth-order valence-electron chi connectivity index (χ4n) is 1.55. The van der Waals surface area contributed by atoms with Crippen molar-refractivity contribution in [1.82, 2.24) is 4.98 Å². The molecule has 0 aliphatic carbocycles. The molecular formula is C13H12BrCl2N3. The highest BCUT2D eigenvalue weighted by atomic mass is 79.9. The van der Waals surface area contributed by atoms with Gasteiger partial charge >= 0.3 is 0 Å². The Morgan fingerprint density at radius 1 is 1.11 bits per heavy atom. The van der Waals surface area contributed by atoms with E-state index >= 15 is 0 Å². The molecule has 0 aliphatic heterocycles. The molecule has 0 fully saturated rings. The normalized spacial score (nSPS) is 10.3. The first-order valence-electron chi connectivity index (χ1n) is 5.62. The Hall–Kier alpha value is -0.970. The number of aromatic nitrogens is 1. The van der Waals surface area contributed by atoms with E-state index in [0.29, 0.717) is 28.2 Å². The Kier molecular flexibility index (Phi) is 4.91. The van der Waals surface area contributed by atoms with Gasteiger partial charge in [0.1, 0.15) is 11.6 Å². The molecule has 6 heteroatoms. The van der Waals surface area contributed by atoms with Gasteiger partial charge in [-0.15, -0.1) is 0 Å². The van der Waals surface area contributed by atoms with Gasteiger partial charge in [0.05, 0.1) is 10.0 Å². The third-order valence-electron chi connectivity index (χ3n) is 2.54. The van der Waals surface area contributed by atoms with Crippen molar-refractivity contribution in [2.75, 3.05) is 17.7 Å². The monoisotopic (exact) mass is 359 g/mol. The number of anilines is 2. The predicted molar refractivity (Wildman–Crippen MR) is 85.3 cm³/mol. The van der Waals surface area contributed by atoms with Crippen LogP contribution in [0.4, 0.5) is 11.6 Å². The molecule has 1 aromatic heterocycles. The zero-order chi connectivity index (χ0) is 13.8. The second-order valence-corrected chi connectivity index (χ2v) is 5.61. The van der Waals surface area contributed by atoms with Gasteiger partial charge in [0.15, 0.2) is 0 Å². The fraction of sp³-hybridized carbons (Fsp3) is 0.154. The van der Waals surface area contributed by atoms with E-state index in [9.17, 15) is 0 Å². The van der Waals surface area contributed by atoms with Crippen LogP contribution < -0.4 is 10.6 Å². The zero-order valence-electron chi connectivity index (χ0n) is 10.2. The number of benzene rings is 1. The summed E-state index contributed by atoms with van der Waals surface area (Å²) in [6, 6.07) is 9.71. The van der Waals surface area contributed by atoms with Crippen molar-refractivity contribution in [3.63, 3.8) is 0 Å². The maximum atomic E-state index is 6.11. The Balaban J connectivity index is 2.13. The van der Waals surface area contributed by atoms with Crippen molar-refractivity contribution < 1.29 is 0 Å². The summed E-state index contributed by atoms with van der Waals surface area (Å²) in [6.45, 7) is 0.644. The largest absolute Gasteiger partial charge is 0.372 e. The smallest absolute Gasteiger partial charge is 0.147 e. The molecule has 0 aliphatic rings. The average Bonchev–Trinajstić information content (AvgIpc) is 2.40. The molecule has 1 aromatic carbocycles. The minimum atomic E-state index is 0.501. The van der Waals surface area contributed by atoms with Crippen LogP contribution in [0.2, 0.25) is 10.0 Å². The van der Waals surface area contributed by atoms with Gasteiger partial charge < -0.3 is 10.6 Å². The van der Waals surface area contributed by atoms with Crippen molar-refractivity contribution in [3.05, 3.63) is 50.4 Å². The average molecular weight is 361 g/mol. The summed E-state index contributed by atoms with van der Waals surface area (Å²) < 4.78 is 1.05. The van der Waals surface area contributed by atoms with Crippen LogP contribution in [0.3, 0.4) is 0 Å². The highest BCUT2D eigenvalue weighted by Gasteiger charge is 2.08. The summed E-state index contributed by atoms with van der Waals surface area (Å²) in [5.41, 5.74) is 1.14. The molecule has 0 atom stereocenters. The Morgan fingerprint density at radius 3 is 2.37 bits per heavy atom. The van der Waals surface area contributed by atoms with Crippen LogP contribution in [0.15, 0.2) is 34.8 Å². The zero-order valence-corrected chi connectivity index (χ0v) is 13.3. The van der Waals surface area contributed by atoms with E-state index < -0.39 is 0 Å². The molecule has 2 rings (SSSR count). The number of halogens is 3. The third-order valence-corrected chi connectivity index (χ3v) is 3.64. The second-order valence-electron chi connectivity index (χ2n) is 3.88. The first-order chi connectivity index (χ1) is 9.10. The molecule has 100 valence electrons. The molecule has 0 radical (unpaired) electrons. The van der Waals surface area contributed by atoms with Crippen molar-refractivity contribution in [3.8, 4) is 0 Å². The van der Waals surface area contributed by atoms with Gasteiger partial charge in [-0.05, 0) is 23.8 Å². The minimum Gasteiger partial charge on any atom is -0.372 e. The Morgan fingerprint density at radius 2 is 1.74 bits per heavy atom. The number of nitrogens with one attached hydrogen (secondary N) is 2. The fourth-order valence-corrected chi connectivity index (χ4v) is 2.34. The second kappa shape index (κ2) is 6.46. The standard InChI is InChI=1S/C13H12BrCl2N3/c1-17-12-10(15)6-11(16)13(19-12)18-7-8-2-4-9(14)5-3-8/h2-6H,7H2,1H3,(H2,17,18,19). The van der Waals surface area contributed by atoms with Gasteiger partial charge in [-0.2, -0.15) is 0 Å². The van der Waals surface area contributed by atoms with Crippen molar-refractivity contribution >= 4 is 50.8 Å². The molecule has 0 unspecified atom stereocenters. The molecule has 0 saturated heterocycles. The van der Waals surface area contributed by atoms with Crippen molar-refractivity contribution in [2.24, 2.45) is 0 Å². The summed E-state index contributed by atoms with van der Waals surface area (Å²) in [5, 5.41) is 7.12. The van der Waals surface area contributed by atoms with E-state index in [1.807, 2.05) is 24.3 Å².